The van der Waals surface area contributed by atoms with Crippen LogP contribution in [0.3, 0.4) is 0 Å². The number of carbonyl (C=O) groups excluding carboxylic acids is 1. The molecule has 0 aliphatic rings. The molecular weight excluding hydrogens is 369 g/mol. The molecule has 0 spiro atoms. The molecule has 2 aromatic carbocycles. The van der Waals surface area contributed by atoms with Gasteiger partial charge in [-0.15, -0.1) is 0 Å². The summed E-state index contributed by atoms with van der Waals surface area (Å²) >= 11 is 12.2. The Morgan fingerprint density at radius 1 is 1.08 bits per heavy atom. The van der Waals surface area contributed by atoms with Crippen LogP contribution in [0.4, 0.5) is 0 Å². The molecule has 3 aromatic rings. The van der Waals surface area contributed by atoms with E-state index in [2.05, 4.69) is 0 Å². The zero-order chi connectivity index (χ0) is 18.8. The summed E-state index contributed by atoms with van der Waals surface area (Å²) in [5.41, 5.74) is 4.95. The Morgan fingerprint density at radius 2 is 1.77 bits per heavy atom. The first kappa shape index (κ1) is 18.7. The van der Waals surface area contributed by atoms with Crippen molar-refractivity contribution in [2.75, 3.05) is 0 Å². The van der Waals surface area contributed by atoms with Gasteiger partial charge in [-0.2, -0.15) is 0 Å². The molecule has 0 aliphatic heterocycles. The molecule has 3 rings (SSSR count). The van der Waals surface area contributed by atoms with Crippen molar-refractivity contribution in [3.8, 4) is 5.75 Å². The standard InChI is InChI=1S/C21H19Cl2NO2/c1-4-20(25)26-19-11-16(23)10-18-21(19)12(2)17(13(3)24-18)9-14-5-7-15(22)8-6-14/h5-8,10-11H,4,9H2,1-3H3. The Bertz CT molecular complexity index is 982. The van der Waals surface area contributed by atoms with Gasteiger partial charge in [-0.3, -0.25) is 9.78 Å². The number of esters is 1. The van der Waals surface area contributed by atoms with Crippen molar-refractivity contribution in [1.29, 1.82) is 0 Å². The molecule has 0 radical (unpaired) electrons. The maximum atomic E-state index is 11.8. The van der Waals surface area contributed by atoms with Crippen LogP contribution in [0.2, 0.25) is 10.0 Å². The van der Waals surface area contributed by atoms with E-state index in [-0.39, 0.29) is 5.97 Å². The number of pyridine rings is 1. The van der Waals surface area contributed by atoms with Crippen LogP contribution in [0.15, 0.2) is 36.4 Å². The van der Waals surface area contributed by atoms with Gasteiger partial charge >= 0.3 is 5.97 Å². The fourth-order valence-electron chi connectivity index (χ4n) is 3.05. The van der Waals surface area contributed by atoms with Gasteiger partial charge in [0.2, 0.25) is 0 Å². The summed E-state index contributed by atoms with van der Waals surface area (Å²) in [7, 11) is 0. The first-order chi connectivity index (χ1) is 12.4. The van der Waals surface area contributed by atoms with E-state index in [0.29, 0.717) is 22.2 Å². The Balaban J connectivity index is 2.15. The zero-order valence-corrected chi connectivity index (χ0v) is 16.4. The molecule has 0 fully saturated rings. The topological polar surface area (TPSA) is 39.2 Å². The summed E-state index contributed by atoms with van der Waals surface area (Å²) in [5, 5.41) is 2.03. The van der Waals surface area contributed by atoms with Crippen molar-refractivity contribution in [3.05, 3.63) is 68.8 Å². The zero-order valence-electron chi connectivity index (χ0n) is 14.9. The molecule has 0 saturated heterocycles. The van der Waals surface area contributed by atoms with Crippen molar-refractivity contribution >= 4 is 40.1 Å². The second-order valence-electron chi connectivity index (χ2n) is 6.23. The highest BCUT2D eigenvalue weighted by Gasteiger charge is 2.16. The van der Waals surface area contributed by atoms with E-state index in [0.717, 1.165) is 39.7 Å². The molecule has 5 heteroatoms. The number of hydrogen-bond acceptors (Lipinski definition) is 3. The average molecular weight is 388 g/mol. The predicted molar refractivity (Wildman–Crippen MR) is 106 cm³/mol. The number of rotatable bonds is 4. The molecule has 0 bridgehead atoms. The van der Waals surface area contributed by atoms with Gasteiger partial charge < -0.3 is 4.74 Å². The third-order valence-electron chi connectivity index (χ3n) is 4.41. The SMILES string of the molecule is CCC(=O)Oc1cc(Cl)cc2nc(C)c(Cc3ccc(Cl)cc3)c(C)c12. The van der Waals surface area contributed by atoms with E-state index >= 15 is 0 Å². The van der Waals surface area contributed by atoms with Crippen LogP contribution in [0, 0.1) is 13.8 Å². The van der Waals surface area contributed by atoms with E-state index in [4.69, 9.17) is 32.9 Å². The molecule has 3 nitrogen and oxygen atoms in total. The minimum atomic E-state index is -0.298. The summed E-state index contributed by atoms with van der Waals surface area (Å²) < 4.78 is 5.52. The minimum absolute atomic E-state index is 0.296. The lowest BCUT2D eigenvalue weighted by atomic mass is 9.96. The number of benzene rings is 2. The maximum Gasteiger partial charge on any atom is 0.310 e. The van der Waals surface area contributed by atoms with Gasteiger partial charge in [-0.25, -0.2) is 0 Å². The highest BCUT2D eigenvalue weighted by molar-refractivity contribution is 6.31. The first-order valence-corrected chi connectivity index (χ1v) is 9.19. The van der Waals surface area contributed by atoms with Crippen molar-refractivity contribution in [2.24, 2.45) is 0 Å². The molecule has 26 heavy (non-hydrogen) atoms. The van der Waals surface area contributed by atoms with Gasteiger partial charge in [0.15, 0.2) is 0 Å². The van der Waals surface area contributed by atoms with Crippen LogP contribution >= 0.6 is 23.2 Å². The largest absolute Gasteiger partial charge is 0.426 e. The van der Waals surface area contributed by atoms with Crippen molar-refractivity contribution in [2.45, 2.75) is 33.6 Å². The lowest BCUT2D eigenvalue weighted by Gasteiger charge is -2.16. The van der Waals surface area contributed by atoms with Gasteiger partial charge in [0, 0.05) is 33.6 Å². The van der Waals surface area contributed by atoms with Crippen molar-refractivity contribution in [3.63, 3.8) is 0 Å². The number of fused-ring (bicyclic) bond motifs is 1. The number of hydrogen-bond donors (Lipinski definition) is 0. The Morgan fingerprint density at radius 3 is 2.42 bits per heavy atom. The third-order valence-corrected chi connectivity index (χ3v) is 4.88. The Hall–Kier alpha value is -2.10. The van der Waals surface area contributed by atoms with E-state index in [9.17, 15) is 4.79 Å². The number of ether oxygens (including phenoxy) is 1. The van der Waals surface area contributed by atoms with Crippen LogP contribution in [0.25, 0.3) is 10.9 Å². The molecule has 0 aliphatic carbocycles. The summed E-state index contributed by atoms with van der Waals surface area (Å²) in [5.74, 6) is 0.162. The van der Waals surface area contributed by atoms with Crippen LogP contribution in [0.1, 0.15) is 35.7 Å². The molecule has 1 heterocycles. The van der Waals surface area contributed by atoms with Gasteiger partial charge in [0.05, 0.1) is 5.52 Å². The Kier molecular flexibility index (Phi) is 5.49. The molecule has 134 valence electrons. The molecule has 0 saturated carbocycles. The fourth-order valence-corrected chi connectivity index (χ4v) is 3.37. The summed E-state index contributed by atoms with van der Waals surface area (Å²) in [6.45, 7) is 5.77. The third kappa shape index (κ3) is 3.84. The summed E-state index contributed by atoms with van der Waals surface area (Å²) in [6, 6.07) is 11.2. The van der Waals surface area contributed by atoms with Gasteiger partial charge in [0.25, 0.3) is 0 Å². The number of carbonyl (C=O) groups is 1. The number of nitrogens with zero attached hydrogens (tertiary/aromatic N) is 1. The summed E-state index contributed by atoms with van der Waals surface area (Å²) in [4.78, 5) is 16.5. The van der Waals surface area contributed by atoms with Crippen LogP contribution < -0.4 is 4.74 Å². The Labute approximate surface area is 162 Å². The predicted octanol–water partition coefficient (Wildman–Crippen LogP) is 6.06. The van der Waals surface area contributed by atoms with Crippen LogP contribution in [-0.2, 0) is 11.2 Å². The lowest BCUT2D eigenvalue weighted by Crippen LogP contribution is -2.08. The second kappa shape index (κ2) is 7.65. The second-order valence-corrected chi connectivity index (χ2v) is 7.10. The highest BCUT2D eigenvalue weighted by atomic mass is 35.5. The molecule has 0 amide bonds. The minimum Gasteiger partial charge on any atom is -0.426 e. The first-order valence-electron chi connectivity index (χ1n) is 8.43. The fraction of sp³-hybridized carbons (Fsp3) is 0.238. The highest BCUT2D eigenvalue weighted by Crippen LogP contribution is 2.35. The van der Waals surface area contributed by atoms with E-state index in [1.54, 1.807) is 19.1 Å². The van der Waals surface area contributed by atoms with Crippen molar-refractivity contribution in [1.82, 2.24) is 4.98 Å². The van der Waals surface area contributed by atoms with Gasteiger partial charge in [-0.1, -0.05) is 42.3 Å². The van der Waals surface area contributed by atoms with Crippen molar-refractivity contribution < 1.29 is 9.53 Å². The maximum absolute atomic E-state index is 11.8. The molecular formula is C21H19Cl2NO2. The molecule has 0 unspecified atom stereocenters. The lowest BCUT2D eigenvalue weighted by molar-refractivity contribution is -0.133. The monoisotopic (exact) mass is 387 g/mol. The molecule has 1 aromatic heterocycles. The van der Waals surface area contributed by atoms with Crippen LogP contribution in [-0.4, -0.2) is 11.0 Å². The molecule has 0 atom stereocenters. The average Bonchev–Trinajstić information content (AvgIpc) is 2.59. The number of aromatic nitrogens is 1. The summed E-state index contributed by atoms with van der Waals surface area (Å²) in [6.07, 6.45) is 1.02. The van der Waals surface area contributed by atoms with Gasteiger partial charge in [0.1, 0.15) is 5.75 Å². The quantitative estimate of drug-likeness (QED) is 0.403. The molecule has 0 N–H and O–H groups in total. The normalized spacial score (nSPS) is 11.0. The van der Waals surface area contributed by atoms with Crippen LogP contribution in [0.5, 0.6) is 5.75 Å². The van der Waals surface area contributed by atoms with E-state index < -0.39 is 0 Å². The smallest absolute Gasteiger partial charge is 0.310 e. The van der Waals surface area contributed by atoms with E-state index in [1.165, 1.54) is 0 Å². The number of aryl methyl sites for hydroxylation is 2. The van der Waals surface area contributed by atoms with E-state index in [1.807, 2.05) is 38.1 Å². The number of halogens is 2. The van der Waals surface area contributed by atoms with Gasteiger partial charge in [-0.05, 0) is 55.2 Å².